The number of hydrogen-bond acceptors (Lipinski definition) is 5. The molecule has 2 atom stereocenters. The lowest BCUT2D eigenvalue weighted by molar-refractivity contribution is -0.137. The Labute approximate surface area is 134 Å². The van der Waals surface area contributed by atoms with E-state index >= 15 is 0 Å². The van der Waals surface area contributed by atoms with Crippen molar-refractivity contribution in [2.45, 2.75) is 25.2 Å². The van der Waals surface area contributed by atoms with Crippen molar-refractivity contribution in [2.24, 2.45) is 0 Å². The molecular formula is C14H13F3N2O5. The van der Waals surface area contributed by atoms with E-state index in [1.165, 1.54) is 13.0 Å². The highest BCUT2D eigenvalue weighted by Crippen LogP contribution is 2.37. The van der Waals surface area contributed by atoms with E-state index in [2.05, 4.69) is 11.6 Å². The maximum Gasteiger partial charge on any atom is 0.420 e. The van der Waals surface area contributed by atoms with Crippen LogP contribution in [0.1, 0.15) is 24.3 Å². The summed E-state index contributed by atoms with van der Waals surface area (Å²) >= 11 is 0. The summed E-state index contributed by atoms with van der Waals surface area (Å²) < 4.78 is 48.9. The zero-order chi connectivity index (χ0) is 18.1. The van der Waals surface area contributed by atoms with Crippen molar-refractivity contribution in [2.75, 3.05) is 6.61 Å². The number of amides is 2. The van der Waals surface area contributed by atoms with Gasteiger partial charge in [-0.2, -0.15) is 13.2 Å². The molecule has 1 saturated heterocycles. The van der Waals surface area contributed by atoms with Gasteiger partial charge in [-0.25, -0.2) is 19.5 Å². The summed E-state index contributed by atoms with van der Waals surface area (Å²) in [5.74, 6) is -0.336. The molecule has 7 nitrogen and oxygen atoms in total. The third kappa shape index (κ3) is 3.42. The van der Waals surface area contributed by atoms with E-state index in [0.29, 0.717) is 17.0 Å². The number of imide groups is 1. The molecule has 1 aromatic heterocycles. The SMILES string of the molecule is C=CCOc1cc(C(F)(F)F)cc([C@H]2OC(=O)N(C(=O)O)[C@H]2C)n1. The first-order valence-electron chi connectivity index (χ1n) is 6.70. The van der Waals surface area contributed by atoms with E-state index in [9.17, 15) is 22.8 Å². The van der Waals surface area contributed by atoms with E-state index in [0.717, 1.165) is 0 Å². The molecule has 0 aromatic carbocycles. The molecule has 2 amide bonds. The maximum absolute atomic E-state index is 13.0. The average molecular weight is 346 g/mol. The topological polar surface area (TPSA) is 89.0 Å². The predicted octanol–water partition coefficient (Wildman–Crippen LogP) is 3.23. The molecule has 2 rings (SSSR count). The van der Waals surface area contributed by atoms with Gasteiger partial charge in [0.1, 0.15) is 6.61 Å². The smallest absolute Gasteiger partial charge is 0.420 e. The molecule has 10 heteroatoms. The van der Waals surface area contributed by atoms with Crippen molar-refractivity contribution in [3.63, 3.8) is 0 Å². The van der Waals surface area contributed by atoms with E-state index in [1.54, 1.807) is 0 Å². The lowest BCUT2D eigenvalue weighted by Crippen LogP contribution is -2.36. The second-order valence-electron chi connectivity index (χ2n) is 4.91. The molecule has 0 bridgehead atoms. The Balaban J connectivity index is 2.43. The first kappa shape index (κ1) is 17.6. The number of aromatic nitrogens is 1. The van der Waals surface area contributed by atoms with Crippen LogP contribution in [0, 0.1) is 0 Å². The minimum atomic E-state index is -4.68. The van der Waals surface area contributed by atoms with E-state index in [-0.39, 0.29) is 18.2 Å². The number of carboxylic acid groups (broad SMARTS) is 1. The number of rotatable bonds is 4. The molecule has 0 spiro atoms. The van der Waals surface area contributed by atoms with Gasteiger partial charge in [0.15, 0.2) is 6.10 Å². The minimum absolute atomic E-state index is 0.0744. The standard InChI is InChI=1S/C14H13F3N2O5/c1-3-4-23-10-6-8(14(15,16)17)5-9(18-10)11-7(2)19(12(20)21)13(22)24-11/h3,5-7,11H,1,4H2,2H3,(H,20,21)/t7-,11-/m0/s1. The first-order valence-corrected chi connectivity index (χ1v) is 6.70. The second-order valence-corrected chi connectivity index (χ2v) is 4.91. The van der Waals surface area contributed by atoms with Crippen LogP contribution in [-0.4, -0.2) is 39.8 Å². The largest absolute Gasteiger partial charge is 0.473 e. The number of cyclic esters (lactones) is 1. The van der Waals surface area contributed by atoms with Gasteiger partial charge in [-0.05, 0) is 13.0 Å². The van der Waals surface area contributed by atoms with Crippen LogP contribution < -0.4 is 4.74 Å². The summed E-state index contributed by atoms with van der Waals surface area (Å²) in [4.78, 5) is 26.9. The lowest BCUT2D eigenvalue weighted by atomic mass is 10.1. The molecule has 24 heavy (non-hydrogen) atoms. The van der Waals surface area contributed by atoms with E-state index < -0.39 is 36.1 Å². The molecule has 1 aromatic rings. The zero-order valence-corrected chi connectivity index (χ0v) is 12.4. The minimum Gasteiger partial charge on any atom is -0.473 e. The molecular weight excluding hydrogens is 333 g/mol. The first-order chi connectivity index (χ1) is 11.1. The normalized spacial score (nSPS) is 20.7. The third-order valence-corrected chi connectivity index (χ3v) is 3.27. The van der Waals surface area contributed by atoms with Gasteiger partial charge in [0.2, 0.25) is 5.88 Å². The number of hydrogen-bond donors (Lipinski definition) is 1. The molecule has 0 unspecified atom stereocenters. The number of pyridine rings is 1. The lowest BCUT2D eigenvalue weighted by Gasteiger charge is -2.18. The summed E-state index contributed by atoms with van der Waals surface area (Å²) in [5, 5.41) is 8.96. The van der Waals surface area contributed by atoms with Crippen LogP contribution in [0.3, 0.4) is 0 Å². The number of nitrogens with zero attached hydrogens (tertiary/aromatic N) is 2. The van der Waals surface area contributed by atoms with Gasteiger partial charge in [0, 0.05) is 6.07 Å². The summed E-state index contributed by atoms with van der Waals surface area (Å²) in [5.41, 5.74) is -1.31. The Bertz CT molecular complexity index is 677. The fourth-order valence-electron chi connectivity index (χ4n) is 2.18. The molecule has 1 N–H and O–H groups in total. The van der Waals surface area contributed by atoms with Crippen molar-refractivity contribution in [3.05, 3.63) is 36.0 Å². The van der Waals surface area contributed by atoms with Crippen molar-refractivity contribution in [3.8, 4) is 5.88 Å². The molecule has 1 fully saturated rings. The van der Waals surface area contributed by atoms with Crippen LogP contribution in [0.15, 0.2) is 24.8 Å². The fraction of sp³-hybridized carbons (Fsp3) is 0.357. The van der Waals surface area contributed by atoms with Crippen LogP contribution in [0.5, 0.6) is 5.88 Å². The quantitative estimate of drug-likeness (QED) is 0.842. The van der Waals surface area contributed by atoms with Crippen LogP contribution in [0.4, 0.5) is 22.8 Å². The molecule has 0 radical (unpaired) electrons. The van der Waals surface area contributed by atoms with Gasteiger partial charge in [0.05, 0.1) is 17.3 Å². The summed E-state index contributed by atoms with van der Waals surface area (Å²) in [6.45, 7) is 4.64. The Morgan fingerprint density at radius 2 is 2.21 bits per heavy atom. The molecule has 0 saturated carbocycles. The number of carbonyl (C=O) groups excluding carboxylic acids is 1. The Morgan fingerprint density at radius 3 is 2.71 bits per heavy atom. The molecule has 130 valence electrons. The monoisotopic (exact) mass is 346 g/mol. The van der Waals surface area contributed by atoms with Gasteiger partial charge in [-0.15, -0.1) is 0 Å². The van der Waals surface area contributed by atoms with Crippen LogP contribution in [0.25, 0.3) is 0 Å². The van der Waals surface area contributed by atoms with Crippen LogP contribution >= 0.6 is 0 Å². The van der Waals surface area contributed by atoms with Gasteiger partial charge >= 0.3 is 18.4 Å². The highest BCUT2D eigenvalue weighted by molar-refractivity contribution is 5.88. The van der Waals surface area contributed by atoms with E-state index in [1.807, 2.05) is 0 Å². The molecule has 0 aliphatic carbocycles. The fourth-order valence-corrected chi connectivity index (χ4v) is 2.18. The third-order valence-electron chi connectivity index (χ3n) is 3.27. The second kappa shape index (κ2) is 6.38. The van der Waals surface area contributed by atoms with Gasteiger partial charge in [-0.1, -0.05) is 12.7 Å². The Hall–Kier alpha value is -2.78. The summed E-state index contributed by atoms with van der Waals surface area (Å²) in [6.07, 6.45) is -7.37. The Kier molecular flexibility index (Phi) is 4.67. The van der Waals surface area contributed by atoms with Gasteiger partial charge in [-0.3, -0.25) is 0 Å². The Morgan fingerprint density at radius 1 is 1.54 bits per heavy atom. The number of carbonyl (C=O) groups is 2. The summed E-state index contributed by atoms with van der Waals surface area (Å²) in [6, 6.07) is 0.350. The van der Waals surface area contributed by atoms with E-state index in [4.69, 9.17) is 14.6 Å². The number of halogens is 3. The highest BCUT2D eigenvalue weighted by Gasteiger charge is 2.45. The van der Waals surface area contributed by atoms with Gasteiger partial charge < -0.3 is 14.6 Å². The maximum atomic E-state index is 13.0. The van der Waals surface area contributed by atoms with Crippen molar-refractivity contribution in [1.82, 2.24) is 9.88 Å². The van der Waals surface area contributed by atoms with Crippen molar-refractivity contribution in [1.29, 1.82) is 0 Å². The van der Waals surface area contributed by atoms with Crippen molar-refractivity contribution < 1.29 is 37.3 Å². The van der Waals surface area contributed by atoms with Gasteiger partial charge in [0.25, 0.3) is 0 Å². The predicted molar refractivity (Wildman–Crippen MR) is 73.5 cm³/mol. The number of ether oxygens (including phenoxy) is 2. The number of alkyl halides is 3. The molecule has 1 aliphatic heterocycles. The zero-order valence-electron chi connectivity index (χ0n) is 12.4. The molecule has 1 aliphatic rings. The highest BCUT2D eigenvalue weighted by atomic mass is 19.4. The molecule has 2 heterocycles. The summed E-state index contributed by atoms with van der Waals surface area (Å²) in [7, 11) is 0. The van der Waals surface area contributed by atoms with Crippen LogP contribution in [-0.2, 0) is 10.9 Å². The van der Waals surface area contributed by atoms with Crippen molar-refractivity contribution >= 4 is 12.2 Å². The van der Waals surface area contributed by atoms with Crippen LogP contribution in [0.2, 0.25) is 0 Å². The average Bonchev–Trinajstić information content (AvgIpc) is 2.78.